The number of nitrogens with zero attached hydrogens (tertiary/aromatic N) is 3. The normalized spacial score (nSPS) is 16.8. The zero-order valence-corrected chi connectivity index (χ0v) is 18.2. The van der Waals surface area contributed by atoms with Gasteiger partial charge < -0.3 is 20.3 Å². The third-order valence-electron chi connectivity index (χ3n) is 5.26. The number of carbonyl (C=O) groups excluding carboxylic acids is 1. The van der Waals surface area contributed by atoms with Gasteiger partial charge in [-0.25, -0.2) is 18.7 Å². The first-order valence-corrected chi connectivity index (χ1v) is 10.7. The van der Waals surface area contributed by atoms with E-state index < -0.39 is 30.6 Å². The first-order valence-electron chi connectivity index (χ1n) is 10.7. The summed E-state index contributed by atoms with van der Waals surface area (Å²) >= 11 is 0. The molecule has 174 valence electrons. The van der Waals surface area contributed by atoms with Crippen LogP contribution in [0.1, 0.15) is 38.2 Å². The maximum atomic E-state index is 14.7. The molecule has 1 aromatic heterocycles. The molecule has 0 radical (unpaired) electrons. The maximum absolute atomic E-state index is 14.7. The van der Waals surface area contributed by atoms with Gasteiger partial charge in [-0.3, -0.25) is 4.79 Å². The monoisotopic (exact) mass is 451 g/mol. The van der Waals surface area contributed by atoms with E-state index in [1.54, 1.807) is 31.2 Å². The van der Waals surface area contributed by atoms with Crippen molar-refractivity contribution in [3.05, 3.63) is 42.0 Å². The van der Waals surface area contributed by atoms with Crippen molar-refractivity contribution >= 4 is 17.5 Å². The molecule has 3 rings (SSSR count). The van der Waals surface area contributed by atoms with Crippen LogP contribution in [-0.2, 0) is 4.79 Å². The summed E-state index contributed by atoms with van der Waals surface area (Å²) in [7, 11) is 0. The Bertz CT molecular complexity index is 898. The van der Waals surface area contributed by atoms with Crippen molar-refractivity contribution in [2.75, 3.05) is 36.4 Å². The summed E-state index contributed by atoms with van der Waals surface area (Å²) < 4.78 is 45.3. The van der Waals surface area contributed by atoms with Crippen LogP contribution in [0, 0.1) is 5.82 Å². The number of alkyl halides is 2. The van der Waals surface area contributed by atoms with Crippen molar-refractivity contribution < 1.29 is 22.7 Å². The Morgan fingerprint density at radius 2 is 2.03 bits per heavy atom. The highest BCUT2D eigenvalue weighted by molar-refractivity contribution is 5.83. The Kier molecular flexibility index (Phi) is 8.13. The molecular formula is C22H28F3N5O2. The van der Waals surface area contributed by atoms with E-state index in [4.69, 9.17) is 4.74 Å². The van der Waals surface area contributed by atoms with Crippen LogP contribution >= 0.6 is 0 Å². The quantitative estimate of drug-likeness (QED) is 0.575. The number of halogens is 3. The Morgan fingerprint density at radius 3 is 2.72 bits per heavy atom. The summed E-state index contributed by atoms with van der Waals surface area (Å²) in [4.78, 5) is 21.9. The molecule has 2 atom stereocenters. The predicted octanol–water partition coefficient (Wildman–Crippen LogP) is 3.58. The van der Waals surface area contributed by atoms with Crippen molar-refractivity contribution in [1.82, 2.24) is 15.3 Å². The summed E-state index contributed by atoms with van der Waals surface area (Å²) in [6, 6.07) is 6.97. The SMILES string of the molecule is CCCNc1ncnc(N2CCC(Oc3ccc(C(C)C(=O)NCC(F)F)cc3)C2)c1F. The molecule has 0 bridgehead atoms. The van der Waals surface area contributed by atoms with Gasteiger partial charge in [0.05, 0.1) is 19.0 Å². The molecule has 2 N–H and O–H groups in total. The predicted molar refractivity (Wildman–Crippen MR) is 116 cm³/mol. The zero-order valence-electron chi connectivity index (χ0n) is 18.2. The number of hydrogen-bond acceptors (Lipinski definition) is 6. The molecule has 1 aliphatic rings. The van der Waals surface area contributed by atoms with Gasteiger partial charge in [0.25, 0.3) is 6.43 Å². The van der Waals surface area contributed by atoms with Gasteiger partial charge >= 0.3 is 0 Å². The molecule has 10 heteroatoms. The van der Waals surface area contributed by atoms with Crippen LogP contribution < -0.4 is 20.3 Å². The highest BCUT2D eigenvalue weighted by atomic mass is 19.3. The second-order valence-electron chi connectivity index (χ2n) is 7.69. The number of anilines is 2. The lowest BCUT2D eigenvalue weighted by atomic mass is 10.0. The first-order chi connectivity index (χ1) is 15.4. The molecule has 1 amide bonds. The van der Waals surface area contributed by atoms with Crippen LogP contribution in [0.15, 0.2) is 30.6 Å². The molecule has 0 saturated carbocycles. The molecular weight excluding hydrogens is 423 g/mol. The van der Waals surface area contributed by atoms with Gasteiger partial charge in [0.2, 0.25) is 11.7 Å². The maximum Gasteiger partial charge on any atom is 0.255 e. The summed E-state index contributed by atoms with van der Waals surface area (Å²) in [6.07, 6.45) is 0.185. The smallest absolute Gasteiger partial charge is 0.255 e. The topological polar surface area (TPSA) is 79.4 Å². The van der Waals surface area contributed by atoms with Crippen LogP contribution in [-0.4, -0.2) is 54.6 Å². The van der Waals surface area contributed by atoms with Gasteiger partial charge in [0, 0.05) is 19.5 Å². The van der Waals surface area contributed by atoms with E-state index in [1.165, 1.54) is 6.33 Å². The van der Waals surface area contributed by atoms with E-state index in [-0.39, 0.29) is 17.7 Å². The number of nitrogens with one attached hydrogen (secondary N) is 2. The third kappa shape index (κ3) is 6.02. The number of aromatic nitrogens is 2. The molecule has 0 spiro atoms. The molecule has 32 heavy (non-hydrogen) atoms. The van der Waals surface area contributed by atoms with E-state index in [2.05, 4.69) is 20.6 Å². The molecule has 2 aromatic rings. The van der Waals surface area contributed by atoms with Crippen LogP contribution in [0.2, 0.25) is 0 Å². The standard InChI is InChI=1S/C22H28F3N5O2/c1-3-9-26-20-19(25)21(29-13-28-20)30-10-8-17(12-30)32-16-6-4-15(5-7-16)14(2)22(31)27-11-18(23)24/h4-7,13-14,17-18H,3,8-12H2,1-2H3,(H,27,31)(H,26,28,29). The van der Waals surface area contributed by atoms with Crippen LogP contribution in [0.25, 0.3) is 0 Å². The average molecular weight is 451 g/mol. The van der Waals surface area contributed by atoms with Crippen molar-refractivity contribution in [3.8, 4) is 5.75 Å². The summed E-state index contributed by atoms with van der Waals surface area (Å²) in [5, 5.41) is 5.19. The van der Waals surface area contributed by atoms with E-state index in [9.17, 15) is 18.0 Å². The van der Waals surface area contributed by atoms with Gasteiger partial charge in [0.15, 0.2) is 11.6 Å². The largest absolute Gasteiger partial charge is 0.489 e. The minimum absolute atomic E-state index is 0.144. The van der Waals surface area contributed by atoms with E-state index in [0.29, 0.717) is 37.4 Å². The van der Waals surface area contributed by atoms with Crippen LogP contribution in [0.4, 0.5) is 24.8 Å². The van der Waals surface area contributed by atoms with Crippen LogP contribution in [0.3, 0.4) is 0 Å². The molecule has 1 saturated heterocycles. The lowest BCUT2D eigenvalue weighted by Gasteiger charge is -2.19. The number of rotatable bonds is 10. The van der Waals surface area contributed by atoms with Gasteiger partial charge in [0.1, 0.15) is 18.2 Å². The minimum atomic E-state index is -2.58. The van der Waals surface area contributed by atoms with Crippen molar-refractivity contribution in [1.29, 1.82) is 0 Å². The zero-order chi connectivity index (χ0) is 23.1. The Balaban J connectivity index is 1.56. The fourth-order valence-electron chi connectivity index (χ4n) is 3.47. The van der Waals surface area contributed by atoms with Crippen LogP contribution in [0.5, 0.6) is 5.75 Å². The molecule has 0 aliphatic carbocycles. The van der Waals surface area contributed by atoms with Crippen molar-refractivity contribution in [2.45, 2.75) is 45.1 Å². The number of hydrogen-bond donors (Lipinski definition) is 2. The lowest BCUT2D eigenvalue weighted by molar-refractivity contribution is -0.122. The fourth-order valence-corrected chi connectivity index (χ4v) is 3.47. The molecule has 7 nitrogen and oxygen atoms in total. The Hall–Kier alpha value is -3.04. The summed E-state index contributed by atoms with van der Waals surface area (Å²) in [5.41, 5.74) is 0.701. The van der Waals surface area contributed by atoms with Crippen molar-refractivity contribution in [2.24, 2.45) is 0 Å². The first kappa shape index (κ1) is 23.6. The van der Waals surface area contributed by atoms with E-state index in [1.807, 2.05) is 11.8 Å². The van der Waals surface area contributed by atoms with Gasteiger partial charge in [-0.2, -0.15) is 4.39 Å². The summed E-state index contributed by atoms with van der Waals surface area (Å²) in [5.74, 6) is -0.405. The Labute approximate surface area is 185 Å². The number of amides is 1. The third-order valence-corrected chi connectivity index (χ3v) is 5.26. The molecule has 1 aliphatic heterocycles. The van der Waals surface area contributed by atoms with Gasteiger partial charge in [-0.1, -0.05) is 19.1 Å². The lowest BCUT2D eigenvalue weighted by Crippen LogP contribution is -2.31. The highest BCUT2D eigenvalue weighted by Gasteiger charge is 2.28. The van der Waals surface area contributed by atoms with Gasteiger partial charge in [-0.05, 0) is 31.0 Å². The molecule has 2 heterocycles. The number of benzene rings is 1. The molecule has 1 fully saturated rings. The highest BCUT2D eigenvalue weighted by Crippen LogP contribution is 2.27. The second kappa shape index (κ2) is 11.0. The molecule has 1 aromatic carbocycles. The fraction of sp³-hybridized carbons (Fsp3) is 0.500. The molecule has 2 unspecified atom stereocenters. The van der Waals surface area contributed by atoms with E-state index in [0.717, 1.165) is 6.42 Å². The number of carbonyl (C=O) groups is 1. The Morgan fingerprint density at radius 1 is 1.28 bits per heavy atom. The average Bonchev–Trinajstić information content (AvgIpc) is 3.25. The van der Waals surface area contributed by atoms with E-state index >= 15 is 0 Å². The number of ether oxygens (including phenoxy) is 1. The second-order valence-corrected chi connectivity index (χ2v) is 7.69. The summed E-state index contributed by atoms with van der Waals surface area (Å²) in [6.45, 7) is 4.70. The minimum Gasteiger partial charge on any atom is -0.489 e. The van der Waals surface area contributed by atoms with Gasteiger partial charge in [-0.15, -0.1) is 0 Å². The van der Waals surface area contributed by atoms with Crippen molar-refractivity contribution in [3.63, 3.8) is 0 Å².